The topological polar surface area (TPSA) is 26.3 Å². The van der Waals surface area contributed by atoms with Gasteiger partial charge in [-0.3, -0.25) is 4.79 Å². The molecule has 2 heteroatoms. The molecule has 7 atom stereocenters. The highest BCUT2D eigenvalue weighted by atomic mass is 16.5. The molecule has 2 nitrogen and oxygen atoms in total. The van der Waals surface area contributed by atoms with Crippen molar-refractivity contribution in [3.8, 4) is 0 Å². The molecule has 4 rings (SSSR count). The maximum atomic E-state index is 12.5. The molecule has 0 spiro atoms. The third-order valence-corrected chi connectivity index (χ3v) is 9.71. The predicted molar refractivity (Wildman–Crippen MR) is 110 cm³/mol. The first-order valence-corrected chi connectivity index (χ1v) is 11.5. The van der Waals surface area contributed by atoms with Gasteiger partial charge < -0.3 is 4.74 Å². The minimum absolute atomic E-state index is 0.0980. The molecule has 0 aromatic heterocycles. The Kier molecular flexibility index (Phi) is 4.79. The van der Waals surface area contributed by atoms with Crippen molar-refractivity contribution >= 4 is 5.97 Å². The van der Waals surface area contributed by atoms with Crippen LogP contribution in [0.3, 0.4) is 0 Å². The Balaban J connectivity index is 1.45. The molecular weight excluding hydrogens is 332 g/mol. The van der Waals surface area contributed by atoms with E-state index in [1.807, 2.05) is 13.8 Å². The number of hydrogen-bond donors (Lipinski definition) is 0. The first-order valence-electron chi connectivity index (χ1n) is 11.5. The molecule has 4 saturated carbocycles. The highest BCUT2D eigenvalue weighted by molar-refractivity contribution is 5.78. The molecule has 4 fully saturated rings. The summed E-state index contributed by atoms with van der Waals surface area (Å²) >= 11 is 0. The van der Waals surface area contributed by atoms with Crippen LogP contribution in [0.25, 0.3) is 0 Å². The number of esters is 1. The Bertz CT molecular complexity index is 607. The summed E-state index contributed by atoms with van der Waals surface area (Å²) in [6.45, 7) is 12.8. The average molecular weight is 373 g/mol. The first kappa shape index (κ1) is 19.5. The number of carbonyl (C=O) groups excluding carboxylic acids is 1. The molecule has 0 aromatic rings. The zero-order valence-electron chi connectivity index (χ0n) is 18.1. The fourth-order valence-electron chi connectivity index (χ4n) is 7.71. The van der Waals surface area contributed by atoms with Crippen LogP contribution in [-0.2, 0) is 9.53 Å². The molecule has 0 unspecified atom stereocenters. The summed E-state index contributed by atoms with van der Waals surface area (Å²) < 4.78 is 5.95. The summed E-state index contributed by atoms with van der Waals surface area (Å²) in [5.74, 6) is 3.50. The molecule has 152 valence electrons. The Morgan fingerprint density at radius 1 is 1.04 bits per heavy atom. The van der Waals surface area contributed by atoms with Gasteiger partial charge in [-0.15, -0.1) is 6.58 Å². The van der Waals surface area contributed by atoms with E-state index < -0.39 is 5.41 Å². The van der Waals surface area contributed by atoms with Crippen LogP contribution in [0.15, 0.2) is 12.7 Å². The molecule has 0 heterocycles. The lowest BCUT2D eigenvalue weighted by molar-refractivity contribution is -0.168. The molecule has 0 bridgehead atoms. The van der Waals surface area contributed by atoms with E-state index in [1.165, 1.54) is 51.4 Å². The number of hydrogen-bond acceptors (Lipinski definition) is 2. The summed E-state index contributed by atoms with van der Waals surface area (Å²) in [7, 11) is 0. The highest BCUT2D eigenvalue weighted by Crippen LogP contribution is 2.66. The van der Waals surface area contributed by atoms with Crippen LogP contribution in [0.4, 0.5) is 0 Å². The van der Waals surface area contributed by atoms with Gasteiger partial charge in [0.25, 0.3) is 0 Å². The van der Waals surface area contributed by atoms with Gasteiger partial charge in [0, 0.05) is 0 Å². The van der Waals surface area contributed by atoms with Crippen LogP contribution < -0.4 is 0 Å². The summed E-state index contributed by atoms with van der Waals surface area (Å²) in [6.07, 6.45) is 15.3. The molecule has 4 aliphatic carbocycles. The van der Waals surface area contributed by atoms with Crippen molar-refractivity contribution in [2.75, 3.05) is 0 Å². The Morgan fingerprint density at radius 2 is 1.81 bits per heavy atom. The van der Waals surface area contributed by atoms with E-state index in [4.69, 9.17) is 4.74 Å². The fraction of sp³-hybridized carbons (Fsp3) is 0.880. The van der Waals surface area contributed by atoms with Crippen molar-refractivity contribution in [2.45, 2.75) is 98.0 Å². The van der Waals surface area contributed by atoms with E-state index in [0.29, 0.717) is 10.8 Å². The van der Waals surface area contributed by atoms with Gasteiger partial charge >= 0.3 is 5.97 Å². The second kappa shape index (κ2) is 6.63. The molecule has 27 heavy (non-hydrogen) atoms. The molecule has 0 radical (unpaired) electrons. The second-order valence-electron chi connectivity index (χ2n) is 11.5. The summed E-state index contributed by atoms with van der Waals surface area (Å²) in [6, 6.07) is 0. The third-order valence-electron chi connectivity index (χ3n) is 9.71. The lowest BCUT2D eigenvalue weighted by atomic mass is 9.45. The van der Waals surface area contributed by atoms with Crippen molar-refractivity contribution in [2.24, 2.45) is 39.9 Å². The van der Waals surface area contributed by atoms with E-state index in [0.717, 1.165) is 36.5 Å². The average Bonchev–Trinajstić information content (AvgIpc) is 3.03. The molecule has 0 aromatic carbocycles. The van der Waals surface area contributed by atoms with Crippen LogP contribution in [0.2, 0.25) is 0 Å². The summed E-state index contributed by atoms with van der Waals surface area (Å²) in [4.78, 5) is 12.5. The van der Waals surface area contributed by atoms with Gasteiger partial charge in [-0.2, -0.15) is 0 Å². The maximum Gasteiger partial charge on any atom is 0.315 e. The Morgan fingerprint density at radius 3 is 2.56 bits per heavy atom. The second-order valence-corrected chi connectivity index (χ2v) is 11.5. The van der Waals surface area contributed by atoms with Gasteiger partial charge in [0.1, 0.15) is 6.10 Å². The Hall–Kier alpha value is -0.790. The first-order chi connectivity index (χ1) is 12.7. The van der Waals surface area contributed by atoms with Crippen LogP contribution >= 0.6 is 0 Å². The fourth-order valence-corrected chi connectivity index (χ4v) is 7.71. The van der Waals surface area contributed by atoms with Crippen molar-refractivity contribution in [3.05, 3.63) is 12.7 Å². The van der Waals surface area contributed by atoms with Crippen molar-refractivity contribution in [1.82, 2.24) is 0 Å². The predicted octanol–water partition coefficient (Wildman–Crippen LogP) is 6.54. The van der Waals surface area contributed by atoms with Crippen molar-refractivity contribution in [3.63, 3.8) is 0 Å². The zero-order valence-corrected chi connectivity index (χ0v) is 18.1. The quantitative estimate of drug-likeness (QED) is 0.415. The lowest BCUT2D eigenvalue weighted by Gasteiger charge is -2.60. The van der Waals surface area contributed by atoms with E-state index in [2.05, 4.69) is 20.4 Å². The van der Waals surface area contributed by atoms with Crippen LogP contribution in [0.1, 0.15) is 91.9 Å². The van der Waals surface area contributed by atoms with E-state index in [1.54, 1.807) is 6.08 Å². The minimum Gasteiger partial charge on any atom is -0.462 e. The largest absolute Gasteiger partial charge is 0.462 e. The van der Waals surface area contributed by atoms with Crippen LogP contribution in [0, 0.1) is 39.9 Å². The highest BCUT2D eigenvalue weighted by Gasteiger charge is 2.58. The van der Waals surface area contributed by atoms with Gasteiger partial charge in [0.05, 0.1) is 5.41 Å². The lowest BCUT2D eigenvalue weighted by Crippen LogP contribution is -2.53. The van der Waals surface area contributed by atoms with Gasteiger partial charge in [-0.25, -0.2) is 0 Å². The van der Waals surface area contributed by atoms with E-state index in [9.17, 15) is 4.79 Å². The SMILES string of the molecule is C=CC(C)(C)C(=O)O[C@H]1CC[C@@]2(C)[C@H](CC[C@H]3[C@@H]4CCC[C@@]4(C)CC[C@@H]32)C1. The van der Waals surface area contributed by atoms with Crippen molar-refractivity contribution < 1.29 is 9.53 Å². The van der Waals surface area contributed by atoms with Crippen LogP contribution in [0.5, 0.6) is 0 Å². The van der Waals surface area contributed by atoms with E-state index in [-0.39, 0.29) is 12.1 Å². The van der Waals surface area contributed by atoms with E-state index >= 15 is 0 Å². The molecule has 0 amide bonds. The zero-order chi connectivity index (χ0) is 19.4. The van der Waals surface area contributed by atoms with Crippen LogP contribution in [-0.4, -0.2) is 12.1 Å². The number of ether oxygens (including phenoxy) is 1. The van der Waals surface area contributed by atoms with Gasteiger partial charge in [0.15, 0.2) is 0 Å². The molecule has 0 saturated heterocycles. The monoisotopic (exact) mass is 372 g/mol. The van der Waals surface area contributed by atoms with Gasteiger partial charge in [-0.1, -0.05) is 26.3 Å². The summed E-state index contributed by atoms with van der Waals surface area (Å²) in [5, 5.41) is 0. The number of carbonyl (C=O) groups is 1. The molecular formula is C25H40O2. The molecule has 0 N–H and O–H groups in total. The standard InChI is InChI=1S/C25H40O2/c1-6-23(2,3)22(26)27-18-11-15-25(5)17(16-18)9-10-19-20-8-7-13-24(20,4)14-12-21(19)25/h6,17-21H,1,7-16H2,2-5H3/t17-,18+,19+,20+,21+,24+,25+/m1/s1. The number of fused-ring (bicyclic) bond motifs is 5. The Labute approximate surface area is 166 Å². The summed E-state index contributed by atoms with van der Waals surface area (Å²) in [5.41, 5.74) is 0.547. The maximum absolute atomic E-state index is 12.5. The number of rotatable bonds is 3. The normalized spacial score (nSPS) is 46.7. The smallest absolute Gasteiger partial charge is 0.315 e. The molecule has 0 aliphatic heterocycles. The van der Waals surface area contributed by atoms with Gasteiger partial charge in [0.2, 0.25) is 0 Å². The third kappa shape index (κ3) is 3.10. The van der Waals surface area contributed by atoms with Gasteiger partial charge in [-0.05, 0) is 106 Å². The minimum atomic E-state index is -0.575. The van der Waals surface area contributed by atoms with Crippen molar-refractivity contribution in [1.29, 1.82) is 0 Å². The molecule has 4 aliphatic rings.